The monoisotopic (exact) mass is 576 g/mol. The zero-order valence-corrected chi connectivity index (χ0v) is 21.6. The summed E-state index contributed by atoms with van der Waals surface area (Å²) in [6, 6.07) is 11.8. The maximum Gasteiger partial charge on any atom is 0.404 e. The van der Waals surface area contributed by atoms with Crippen LogP contribution in [0.4, 0.5) is 34.9 Å². The molecule has 0 aliphatic heterocycles. The Kier molecular flexibility index (Phi) is 7.61. The van der Waals surface area contributed by atoms with Crippen LogP contribution < -0.4 is 14.8 Å². The number of anilines is 3. The number of nitrogens with zero attached hydrogens (tertiary/aromatic N) is 3. The number of H-pyrrole nitrogens is 1. The van der Waals surface area contributed by atoms with Gasteiger partial charge in [0.15, 0.2) is 11.6 Å². The number of sulfonamides is 1. The van der Waals surface area contributed by atoms with Gasteiger partial charge in [0.25, 0.3) is 0 Å². The third kappa shape index (κ3) is 6.86. The van der Waals surface area contributed by atoms with Crippen molar-refractivity contribution in [3.8, 4) is 17.0 Å². The van der Waals surface area contributed by atoms with Crippen molar-refractivity contribution >= 4 is 27.3 Å². The maximum atomic E-state index is 13.6. The van der Waals surface area contributed by atoms with Crippen LogP contribution in [0.3, 0.4) is 0 Å². The van der Waals surface area contributed by atoms with Crippen molar-refractivity contribution in [3.63, 3.8) is 0 Å². The van der Waals surface area contributed by atoms with Gasteiger partial charge in [0.05, 0.1) is 17.6 Å². The van der Waals surface area contributed by atoms with Crippen LogP contribution in [0, 0.1) is 11.7 Å². The standard InChI is InChI=1S/C26H24F4N6O3S/c27-19-7-4-17(5-8-19)25(16-2-1-3-16)39-22-12-18(6-9-20(22)36-40(37,38)15-26(28,29)30)21-13-23(35-34-21)33-24-14-31-10-11-32-24/h4-14,16,25,36H,1-3,15H2,(H2,32,33,34,35). The third-order valence-corrected chi connectivity index (χ3v) is 7.58. The van der Waals surface area contributed by atoms with E-state index in [1.54, 1.807) is 18.2 Å². The van der Waals surface area contributed by atoms with Crippen molar-refractivity contribution < 1.29 is 30.7 Å². The second-order valence-corrected chi connectivity index (χ2v) is 11.1. The molecule has 1 atom stereocenters. The molecule has 1 saturated carbocycles. The van der Waals surface area contributed by atoms with E-state index in [1.807, 2.05) is 4.72 Å². The summed E-state index contributed by atoms with van der Waals surface area (Å²) in [5.74, 6) is -1.52. The largest absolute Gasteiger partial charge is 0.483 e. The van der Waals surface area contributed by atoms with Gasteiger partial charge in [-0.05, 0) is 42.7 Å². The highest BCUT2D eigenvalue weighted by Gasteiger charge is 2.36. The van der Waals surface area contributed by atoms with E-state index in [0.717, 1.165) is 19.3 Å². The number of alkyl halides is 3. The lowest BCUT2D eigenvalue weighted by molar-refractivity contribution is -0.106. The number of hydrogen-bond acceptors (Lipinski definition) is 7. The van der Waals surface area contributed by atoms with Gasteiger partial charge < -0.3 is 10.1 Å². The van der Waals surface area contributed by atoms with Gasteiger partial charge in [0.1, 0.15) is 23.5 Å². The first kappa shape index (κ1) is 27.4. The minimum absolute atomic E-state index is 0.0162. The fourth-order valence-electron chi connectivity index (χ4n) is 4.29. The molecule has 2 aromatic carbocycles. The second kappa shape index (κ2) is 11.1. The van der Waals surface area contributed by atoms with Crippen molar-refractivity contribution in [2.75, 3.05) is 15.8 Å². The van der Waals surface area contributed by atoms with Crippen LogP contribution in [0.2, 0.25) is 0 Å². The zero-order chi connectivity index (χ0) is 28.3. The maximum absolute atomic E-state index is 13.6. The van der Waals surface area contributed by atoms with E-state index < -0.39 is 33.9 Å². The van der Waals surface area contributed by atoms with Crippen molar-refractivity contribution in [2.24, 2.45) is 5.92 Å². The molecule has 0 saturated heterocycles. The van der Waals surface area contributed by atoms with Crippen LogP contribution in [0.15, 0.2) is 67.1 Å². The summed E-state index contributed by atoms with van der Waals surface area (Å²) >= 11 is 0. The lowest BCUT2D eigenvalue weighted by Crippen LogP contribution is -2.28. The molecule has 40 heavy (non-hydrogen) atoms. The first-order valence-electron chi connectivity index (χ1n) is 12.3. The average molecular weight is 577 g/mol. The number of aromatic nitrogens is 4. The van der Waals surface area contributed by atoms with E-state index in [0.29, 0.717) is 28.5 Å². The quantitative estimate of drug-likeness (QED) is 0.199. The summed E-state index contributed by atoms with van der Waals surface area (Å²) in [6.07, 6.45) is 1.66. The molecule has 210 valence electrons. The van der Waals surface area contributed by atoms with Gasteiger partial charge in [-0.15, -0.1) is 0 Å². The number of aromatic amines is 1. The van der Waals surface area contributed by atoms with E-state index >= 15 is 0 Å². The molecule has 0 bridgehead atoms. The van der Waals surface area contributed by atoms with Gasteiger partial charge in [-0.1, -0.05) is 24.6 Å². The Hall–Kier alpha value is -4.20. The number of benzene rings is 2. The third-order valence-electron chi connectivity index (χ3n) is 6.34. The van der Waals surface area contributed by atoms with Gasteiger partial charge in [0.2, 0.25) is 10.0 Å². The summed E-state index contributed by atoms with van der Waals surface area (Å²) in [7, 11) is -4.79. The predicted octanol–water partition coefficient (Wildman–Crippen LogP) is 5.97. The van der Waals surface area contributed by atoms with E-state index in [1.165, 1.54) is 48.9 Å². The Balaban J connectivity index is 1.49. The van der Waals surface area contributed by atoms with Gasteiger partial charge >= 0.3 is 6.18 Å². The van der Waals surface area contributed by atoms with Crippen LogP contribution in [-0.4, -0.2) is 40.5 Å². The summed E-state index contributed by atoms with van der Waals surface area (Å²) < 4.78 is 85.3. The van der Waals surface area contributed by atoms with E-state index in [2.05, 4.69) is 25.5 Å². The molecule has 2 aromatic heterocycles. The molecule has 2 heterocycles. The van der Waals surface area contributed by atoms with Gasteiger partial charge in [0, 0.05) is 29.9 Å². The molecule has 1 fully saturated rings. The van der Waals surface area contributed by atoms with Crippen LogP contribution >= 0.6 is 0 Å². The molecule has 5 rings (SSSR count). The SMILES string of the molecule is O=S(=O)(CC(F)(F)F)Nc1ccc(-c2cc(Nc3cnccn3)n[nH]2)cc1OC(c1ccc(F)cc1)C1CCC1. The van der Waals surface area contributed by atoms with Crippen LogP contribution in [0.25, 0.3) is 11.3 Å². The molecule has 1 aliphatic carbocycles. The molecule has 0 radical (unpaired) electrons. The Morgan fingerprint density at radius 1 is 1.05 bits per heavy atom. The highest BCUT2D eigenvalue weighted by molar-refractivity contribution is 7.92. The summed E-state index contributed by atoms with van der Waals surface area (Å²) in [4.78, 5) is 8.10. The minimum Gasteiger partial charge on any atom is -0.483 e. The lowest BCUT2D eigenvalue weighted by Gasteiger charge is -2.34. The lowest BCUT2D eigenvalue weighted by atomic mass is 9.78. The van der Waals surface area contributed by atoms with Crippen molar-refractivity contribution in [1.82, 2.24) is 20.2 Å². The van der Waals surface area contributed by atoms with E-state index in [-0.39, 0.29) is 17.4 Å². The molecule has 0 spiro atoms. The second-order valence-electron chi connectivity index (χ2n) is 9.35. The Morgan fingerprint density at radius 3 is 2.48 bits per heavy atom. The molecule has 1 aliphatic rings. The molecule has 4 aromatic rings. The number of nitrogens with one attached hydrogen (secondary N) is 3. The number of ether oxygens (including phenoxy) is 1. The molecule has 1 unspecified atom stereocenters. The van der Waals surface area contributed by atoms with Crippen molar-refractivity contribution in [2.45, 2.75) is 31.5 Å². The summed E-state index contributed by atoms with van der Waals surface area (Å²) in [5, 5.41) is 10.0. The molecule has 0 amide bonds. The number of halogens is 4. The highest BCUT2D eigenvalue weighted by atomic mass is 32.2. The highest BCUT2D eigenvalue weighted by Crippen LogP contribution is 2.43. The van der Waals surface area contributed by atoms with Crippen LogP contribution in [0.5, 0.6) is 5.75 Å². The van der Waals surface area contributed by atoms with Crippen molar-refractivity contribution in [1.29, 1.82) is 0 Å². The Labute approximate surface area is 227 Å². The van der Waals surface area contributed by atoms with Gasteiger partial charge in [-0.25, -0.2) is 17.8 Å². The fraction of sp³-hybridized carbons (Fsp3) is 0.269. The Morgan fingerprint density at radius 2 is 1.82 bits per heavy atom. The van der Waals surface area contributed by atoms with Crippen LogP contribution in [-0.2, 0) is 10.0 Å². The van der Waals surface area contributed by atoms with Crippen LogP contribution in [0.1, 0.15) is 30.9 Å². The zero-order valence-electron chi connectivity index (χ0n) is 20.8. The molecule has 3 N–H and O–H groups in total. The smallest absolute Gasteiger partial charge is 0.404 e. The van der Waals surface area contributed by atoms with Crippen molar-refractivity contribution in [3.05, 3.63) is 78.5 Å². The van der Waals surface area contributed by atoms with Gasteiger partial charge in [-0.3, -0.25) is 14.8 Å². The topological polar surface area (TPSA) is 122 Å². The molecule has 14 heteroatoms. The summed E-state index contributed by atoms with van der Waals surface area (Å²) in [6.45, 7) is 0. The normalized spacial score (nSPS) is 14.8. The fourth-order valence-corrected chi connectivity index (χ4v) is 5.29. The minimum atomic E-state index is -4.93. The summed E-state index contributed by atoms with van der Waals surface area (Å²) in [5.41, 5.74) is 1.55. The van der Waals surface area contributed by atoms with E-state index in [4.69, 9.17) is 4.74 Å². The van der Waals surface area contributed by atoms with E-state index in [9.17, 15) is 26.0 Å². The molecular weight excluding hydrogens is 552 g/mol. The molecular formula is C26H24F4N6O3S. The molecule has 9 nitrogen and oxygen atoms in total. The first-order valence-corrected chi connectivity index (χ1v) is 13.9. The predicted molar refractivity (Wildman–Crippen MR) is 140 cm³/mol. The Bertz CT molecular complexity index is 1560. The number of hydrogen-bond donors (Lipinski definition) is 3. The average Bonchev–Trinajstić information content (AvgIpc) is 3.31. The first-order chi connectivity index (χ1) is 19.0. The number of rotatable bonds is 10. The van der Waals surface area contributed by atoms with Gasteiger partial charge in [-0.2, -0.15) is 18.3 Å².